The molecule has 0 spiro atoms. The Morgan fingerprint density at radius 3 is 2.80 bits per heavy atom. The van der Waals surface area contributed by atoms with Crippen molar-refractivity contribution in [2.75, 3.05) is 33.3 Å². The minimum absolute atomic E-state index is 0.0236. The summed E-state index contributed by atoms with van der Waals surface area (Å²) in [5.74, 6) is 0.798. The van der Waals surface area contributed by atoms with Gasteiger partial charge in [0.2, 0.25) is 0 Å². The standard InChI is InChI=1S/C20H25N3O2/c1-22-11-3-6-16(22)10-14-25-18-7-2-5-15-8-9-17(21-19(15)18)20(24)23-12-4-13-23/h2,5,7-9,16H,3-4,6,10-14H2,1H3. The summed E-state index contributed by atoms with van der Waals surface area (Å²) in [5, 5.41) is 1.01. The zero-order valence-electron chi connectivity index (χ0n) is 14.8. The Hall–Kier alpha value is -2.14. The van der Waals surface area contributed by atoms with Crippen molar-refractivity contribution in [2.24, 2.45) is 0 Å². The van der Waals surface area contributed by atoms with Gasteiger partial charge in [0.1, 0.15) is 17.0 Å². The number of carbonyl (C=O) groups excluding carboxylic acids is 1. The Bertz CT molecular complexity index is 773. The van der Waals surface area contributed by atoms with E-state index in [4.69, 9.17) is 4.74 Å². The molecule has 0 bridgehead atoms. The maximum absolute atomic E-state index is 12.4. The Kier molecular flexibility index (Phi) is 4.57. The Morgan fingerprint density at radius 1 is 1.20 bits per heavy atom. The fourth-order valence-corrected chi connectivity index (χ4v) is 3.69. The van der Waals surface area contributed by atoms with Crippen LogP contribution >= 0.6 is 0 Å². The number of hydrogen-bond donors (Lipinski definition) is 0. The molecule has 3 heterocycles. The summed E-state index contributed by atoms with van der Waals surface area (Å²) < 4.78 is 6.05. The lowest BCUT2D eigenvalue weighted by atomic mass is 10.1. The molecule has 0 radical (unpaired) electrons. The van der Waals surface area contributed by atoms with Crippen molar-refractivity contribution in [2.45, 2.75) is 31.7 Å². The predicted octanol–water partition coefficient (Wildman–Crippen LogP) is 2.94. The number of hydrogen-bond acceptors (Lipinski definition) is 4. The van der Waals surface area contributed by atoms with Gasteiger partial charge in [0.25, 0.3) is 5.91 Å². The molecule has 2 aliphatic heterocycles. The summed E-state index contributed by atoms with van der Waals surface area (Å²) in [7, 11) is 2.19. The highest BCUT2D eigenvalue weighted by atomic mass is 16.5. The van der Waals surface area contributed by atoms with Crippen molar-refractivity contribution in [3.05, 3.63) is 36.0 Å². The van der Waals surface area contributed by atoms with Gasteiger partial charge in [0.15, 0.2) is 0 Å². The molecule has 1 aromatic heterocycles. The number of para-hydroxylation sites is 1. The number of ether oxygens (including phenoxy) is 1. The second-order valence-electron chi connectivity index (χ2n) is 7.08. The summed E-state index contributed by atoms with van der Waals surface area (Å²) in [6.07, 6.45) is 4.64. The Morgan fingerprint density at radius 2 is 2.08 bits per heavy atom. The summed E-state index contributed by atoms with van der Waals surface area (Å²) in [4.78, 5) is 21.3. The summed E-state index contributed by atoms with van der Waals surface area (Å²) in [6, 6.07) is 10.3. The van der Waals surface area contributed by atoms with Gasteiger partial charge in [-0.25, -0.2) is 4.98 Å². The monoisotopic (exact) mass is 339 g/mol. The molecule has 5 heteroatoms. The van der Waals surface area contributed by atoms with Gasteiger partial charge in [-0.15, -0.1) is 0 Å². The van der Waals surface area contributed by atoms with Crippen LogP contribution in [0.25, 0.3) is 10.9 Å². The fourth-order valence-electron chi connectivity index (χ4n) is 3.69. The molecule has 1 atom stereocenters. The maximum Gasteiger partial charge on any atom is 0.272 e. The first-order valence-corrected chi connectivity index (χ1v) is 9.24. The van der Waals surface area contributed by atoms with Crippen molar-refractivity contribution in [3.63, 3.8) is 0 Å². The van der Waals surface area contributed by atoms with E-state index in [9.17, 15) is 4.79 Å². The molecule has 2 aliphatic rings. The van der Waals surface area contributed by atoms with Crippen molar-refractivity contribution in [1.29, 1.82) is 0 Å². The number of rotatable bonds is 5. The van der Waals surface area contributed by atoms with Crippen molar-refractivity contribution in [3.8, 4) is 5.75 Å². The van der Waals surface area contributed by atoms with Crippen LogP contribution in [0.2, 0.25) is 0 Å². The molecular weight excluding hydrogens is 314 g/mol. The number of benzene rings is 1. The molecule has 2 fully saturated rings. The lowest BCUT2D eigenvalue weighted by Crippen LogP contribution is -2.42. The first kappa shape index (κ1) is 16.3. The minimum atomic E-state index is 0.0236. The highest BCUT2D eigenvalue weighted by Gasteiger charge is 2.23. The molecule has 5 nitrogen and oxygen atoms in total. The van der Waals surface area contributed by atoms with Gasteiger partial charge in [0.05, 0.1) is 6.61 Å². The molecule has 1 aromatic carbocycles. The van der Waals surface area contributed by atoms with Gasteiger partial charge in [-0.1, -0.05) is 18.2 Å². The third-order valence-corrected chi connectivity index (χ3v) is 5.43. The molecule has 25 heavy (non-hydrogen) atoms. The van der Waals surface area contributed by atoms with Crippen molar-refractivity contribution in [1.82, 2.24) is 14.8 Å². The SMILES string of the molecule is CN1CCCC1CCOc1cccc2ccc(C(=O)N3CCC3)nc12. The van der Waals surface area contributed by atoms with Gasteiger partial charge in [-0.05, 0) is 51.4 Å². The van der Waals surface area contributed by atoms with Crippen LogP contribution in [0.1, 0.15) is 36.2 Å². The number of nitrogens with zero attached hydrogens (tertiary/aromatic N) is 3. The van der Waals surface area contributed by atoms with E-state index in [0.717, 1.165) is 42.6 Å². The summed E-state index contributed by atoms with van der Waals surface area (Å²) in [5.41, 5.74) is 1.30. The lowest BCUT2D eigenvalue weighted by molar-refractivity contribution is 0.0646. The van der Waals surface area contributed by atoms with Gasteiger partial charge in [0, 0.05) is 24.5 Å². The van der Waals surface area contributed by atoms with E-state index < -0.39 is 0 Å². The van der Waals surface area contributed by atoms with Crippen molar-refractivity contribution >= 4 is 16.8 Å². The second-order valence-corrected chi connectivity index (χ2v) is 7.08. The van der Waals surface area contributed by atoms with Crippen LogP contribution in [-0.4, -0.2) is 60.0 Å². The zero-order valence-corrected chi connectivity index (χ0v) is 14.8. The minimum Gasteiger partial charge on any atom is -0.491 e. The predicted molar refractivity (Wildman–Crippen MR) is 98.0 cm³/mol. The van der Waals surface area contributed by atoms with E-state index in [1.165, 1.54) is 19.4 Å². The third kappa shape index (κ3) is 3.33. The third-order valence-electron chi connectivity index (χ3n) is 5.43. The van der Waals surface area contributed by atoms with E-state index in [0.29, 0.717) is 18.3 Å². The summed E-state index contributed by atoms with van der Waals surface area (Å²) in [6.45, 7) is 3.54. The van der Waals surface area contributed by atoms with Crippen LogP contribution in [-0.2, 0) is 0 Å². The maximum atomic E-state index is 12.4. The smallest absolute Gasteiger partial charge is 0.272 e. The Balaban J connectivity index is 1.50. The molecule has 2 saturated heterocycles. The molecule has 4 rings (SSSR count). The number of likely N-dealkylation sites (tertiary alicyclic amines) is 2. The Labute approximate surface area is 148 Å². The van der Waals surface area contributed by atoms with E-state index in [-0.39, 0.29) is 5.91 Å². The normalized spacial score (nSPS) is 20.7. The highest BCUT2D eigenvalue weighted by molar-refractivity contribution is 5.96. The zero-order chi connectivity index (χ0) is 17.2. The van der Waals surface area contributed by atoms with E-state index in [1.807, 2.05) is 35.2 Å². The molecule has 1 unspecified atom stereocenters. The van der Waals surface area contributed by atoms with Crippen LogP contribution in [0, 0.1) is 0 Å². The van der Waals surface area contributed by atoms with Gasteiger partial charge >= 0.3 is 0 Å². The molecule has 1 amide bonds. The van der Waals surface area contributed by atoms with Gasteiger partial charge in [-0.2, -0.15) is 0 Å². The van der Waals surface area contributed by atoms with Gasteiger partial charge < -0.3 is 14.5 Å². The number of fused-ring (bicyclic) bond motifs is 1. The first-order chi connectivity index (χ1) is 12.2. The summed E-state index contributed by atoms with van der Waals surface area (Å²) >= 11 is 0. The quantitative estimate of drug-likeness (QED) is 0.840. The molecule has 132 valence electrons. The number of pyridine rings is 1. The van der Waals surface area contributed by atoms with E-state index in [1.54, 1.807) is 0 Å². The highest BCUT2D eigenvalue weighted by Crippen LogP contribution is 2.26. The first-order valence-electron chi connectivity index (χ1n) is 9.24. The number of aromatic nitrogens is 1. The molecule has 0 saturated carbocycles. The average Bonchev–Trinajstić information content (AvgIpc) is 2.98. The second kappa shape index (κ2) is 7.00. The molecule has 2 aromatic rings. The van der Waals surface area contributed by atoms with Gasteiger partial charge in [-0.3, -0.25) is 4.79 Å². The van der Waals surface area contributed by atoms with Crippen LogP contribution in [0.4, 0.5) is 0 Å². The average molecular weight is 339 g/mol. The fraction of sp³-hybridized carbons (Fsp3) is 0.500. The topological polar surface area (TPSA) is 45.7 Å². The molecular formula is C20H25N3O2. The lowest BCUT2D eigenvalue weighted by Gasteiger charge is -2.30. The van der Waals surface area contributed by atoms with E-state index in [2.05, 4.69) is 16.9 Å². The largest absolute Gasteiger partial charge is 0.491 e. The van der Waals surface area contributed by atoms with Crippen LogP contribution in [0.5, 0.6) is 5.75 Å². The van der Waals surface area contributed by atoms with Crippen LogP contribution in [0.15, 0.2) is 30.3 Å². The van der Waals surface area contributed by atoms with Crippen molar-refractivity contribution < 1.29 is 9.53 Å². The molecule has 0 aliphatic carbocycles. The number of amides is 1. The number of carbonyl (C=O) groups is 1. The van der Waals surface area contributed by atoms with Crippen LogP contribution < -0.4 is 4.74 Å². The molecule has 0 N–H and O–H groups in total. The van der Waals surface area contributed by atoms with Crippen LogP contribution in [0.3, 0.4) is 0 Å². The van der Waals surface area contributed by atoms with E-state index >= 15 is 0 Å².